The van der Waals surface area contributed by atoms with Gasteiger partial charge in [0.15, 0.2) is 6.10 Å². The molecule has 2 atom stereocenters. The van der Waals surface area contributed by atoms with Gasteiger partial charge in [-0.2, -0.15) is 5.10 Å². The van der Waals surface area contributed by atoms with Crippen molar-refractivity contribution < 1.29 is 18.7 Å². The molecule has 0 aliphatic carbocycles. The molecule has 21 heavy (non-hydrogen) atoms. The van der Waals surface area contributed by atoms with Crippen LogP contribution in [0, 0.1) is 11.6 Å². The maximum Gasteiger partial charge on any atom is 0.254 e. The molecule has 2 rings (SSSR count). The van der Waals surface area contributed by atoms with E-state index in [0.717, 1.165) is 12.1 Å². The summed E-state index contributed by atoms with van der Waals surface area (Å²) in [5.41, 5.74) is 0.477. The molecule has 0 unspecified atom stereocenters. The first-order valence-corrected chi connectivity index (χ1v) is 6.30. The Kier molecular flexibility index (Phi) is 4.32. The fourth-order valence-electron chi connectivity index (χ4n) is 1.96. The molecule has 1 aromatic heterocycles. The Bertz CT molecular complexity index is 657. The second-order valence-electron chi connectivity index (χ2n) is 4.75. The van der Waals surface area contributed by atoms with Gasteiger partial charge in [-0.05, 0) is 13.0 Å². The number of aliphatic hydroxyl groups excluding tert-OH is 1. The quantitative estimate of drug-likeness (QED) is 0.900. The van der Waals surface area contributed by atoms with E-state index in [2.05, 4.69) is 10.4 Å². The Labute approximate surface area is 120 Å². The van der Waals surface area contributed by atoms with Gasteiger partial charge in [-0.25, -0.2) is 8.78 Å². The van der Waals surface area contributed by atoms with Crippen LogP contribution >= 0.6 is 0 Å². The summed E-state index contributed by atoms with van der Waals surface area (Å²) in [6, 6.07) is 2.41. The summed E-state index contributed by atoms with van der Waals surface area (Å²) in [6.07, 6.45) is 1.48. The lowest BCUT2D eigenvalue weighted by Gasteiger charge is -2.17. The number of benzene rings is 1. The molecule has 112 valence electrons. The third-order valence-corrected chi connectivity index (χ3v) is 3.08. The monoisotopic (exact) mass is 295 g/mol. The highest BCUT2D eigenvalue weighted by Gasteiger charge is 2.22. The summed E-state index contributed by atoms with van der Waals surface area (Å²) in [5.74, 6) is -2.12. The number of carbonyl (C=O) groups excluding carboxylic acids is 1. The van der Waals surface area contributed by atoms with E-state index in [-0.39, 0.29) is 5.56 Å². The van der Waals surface area contributed by atoms with Gasteiger partial charge in [-0.15, -0.1) is 0 Å². The Morgan fingerprint density at radius 1 is 1.43 bits per heavy atom. The molecular weight excluding hydrogens is 280 g/mol. The zero-order valence-corrected chi connectivity index (χ0v) is 11.5. The second kappa shape index (κ2) is 6.01. The molecule has 0 bridgehead atoms. The molecule has 1 amide bonds. The van der Waals surface area contributed by atoms with Crippen molar-refractivity contribution in [3.8, 4) is 0 Å². The second-order valence-corrected chi connectivity index (χ2v) is 4.75. The number of aryl methyl sites for hydroxylation is 1. The van der Waals surface area contributed by atoms with E-state index >= 15 is 0 Å². The number of rotatable bonds is 4. The summed E-state index contributed by atoms with van der Waals surface area (Å²) in [5, 5.41) is 16.2. The highest BCUT2D eigenvalue weighted by Crippen LogP contribution is 2.19. The van der Waals surface area contributed by atoms with Crippen LogP contribution in [0.15, 0.2) is 30.6 Å². The van der Waals surface area contributed by atoms with Crippen LogP contribution in [-0.4, -0.2) is 20.8 Å². The molecule has 0 saturated heterocycles. The molecule has 2 aromatic rings. The highest BCUT2D eigenvalue weighted by atomic mass is 19.1. The topological polar surface area (TPSA) is 67.2 Å². The van der Waals surface area contributed by atoms with E-state index in [1.54, 1.807) is 14.0 Å². The van der Waals surface area contributed by atoms with Crippen LogP contribution in [0.4, 0.5) is 8.78 Å². The molecule has 0 aliphatic rings. The minimum atomic E-state index is -1.40. The van der Waals surface area contributed by atoms with Crippen LogP contribution in [-0.2, 0) is 11.8 Å². The van der Waals surface area contributed by atoms with Crippen molar-refractivity contribution in [3.63, 3.8) is 0 Å². The van der Waals surface area contributed by atoms with Gasteiger partial charge in [0, 0.05) is 30.4 Å². The zero-order chi connectivity index (χ0) is 15.6. The van der Waals surface area contributed by atoms with Gasteiger partial charge in [0.25, 0.3) is 5.91 Å². The Hall–Kier alpha value is -2.28. The average molecular weight is 295 g/mol. The lowest BCUT2D eigenvalue weighted by atomic mass is 10.1. The summed E-state index contributed by atoms with van der Waals surface area (Å²) in [6.45, 7) is 1.55. The van der Waals surface area contributed by atoms with Crippen molar-refractivity contribution in [3.05, 3.63) is 53.4 Å². The zero-order valence-electron chi connectivity index (χ0n) is 11.5. The van der Waals surface area contributed by atoms with Crippen LogP contribution in [0.1, 0.15) is 30.2 Å². The predicted molar refractivity (Wildman–Crippen MR) is 71.1 cm³/mol. The molecule has 7 heteroatoms. The normalized spacial score (nSPS) is 13.8. The van der Waals surface area contributed by atoms with Crippen LogP contribution < -0.4 is 5.32 Å². The third-order valence-electron chi connectivity index (χ3n) is 3.08. The number of carbonyl (C=O) groups is 1. The van der Waals surface area contributed by atoms with E-state index in [1.807, 2.05) is 0 Å². The first-order chi connectivity index (χ1) is 9.88. The number of halogens is 2. The largest absolute Gasteiger partial charge is 0.378 e. The standard InChI is InChI=1S/C14H15F2N3O2/c1-8(11-4-3-10(15)5-12(11)16)18-14(21)13(20)9-6-17-19(2)7-9/h3-8,13,20H,1-2H3,(H,18,21)/t8-,13+/m0/s1. The van der Waals surface area contributed by atoms with Crippen molar-refractivity contribution in [2.45, 2.75) is 19.1 Å². The van der Waals surface area contributed by atoms with E-state index in [1.165, 1.54) is 23.1 Å². The Balaban J connectivity index is 2.08. The first-order valence-electron chi connectivity index (χ1n) is 6.30. The molecular formula is C14H15F2N3O2. The van der Waals surface area contributed by atoms with Crippen molar-refractivity contribution in [1.82, 2.24) is 15.1 Å². The van der Waals surface area contributed by atoms with Crippen molar-refractivity contribution >= 4 is 5.91 Å². The summed E-state index contributed by atoms with van der Waals surface area (Å²) in [7, 11) is 1.66. The number of hydrogen-bond donors (Lipinski definition) is 2. The maximum absolute atomic E-state index is 13.6. The number of aromatic nitrogens is 2. The number of hydrogen-bond acceptors (Lipinski definition) is 3. The number of aliphatic hydroxyl groups is 1. The molecule has 0 radical (unpaired) electrons. The van der Waals surface area contributed by atoms with Gasteiger partial charge >= 0.3 is 0 Å². The van der Waals surface area contributed by atoms with Gasteiger partial charge in [0.05, 0.1) is 12.2 Å². The average Bonchev–Trinajstić information content (AvgIpc) is 2.84. The fourth-order valence-corrected chi connectivity index (χ4v) is 1.96. The maximum atomic E-state index is 13.6. The van der Waals surface area contributed by atoms with Gasteiger partial charge in [-0.1, -0.05) is 6.07 Å². The minimum Gasteiger partial charge on any atom is -0.378 e. The van der Waals surface area contributed by atoms with E-state index in [9.17, 15) is 18.7 Å². The Morgan fingerprint density at radius 3 is 2.71 bits per heavy atom. The summed E-state index contributed by atoms with van der Waals surface area (Å²) >= 11 is 0. The molecule has 0 aliphatic heterocycles. The smallest absolute Gasteiger partial charge is 0.254 e. The third kappa shape index (κ3) is 3.43. The lowest BCUT2D eigenvalue weighted by Crippen LogP contribution is -2.32. The molecule has 5 nitrogen and oxygen atoms in total. The predicted octanol–water partition coefficient (Wildman–Crippen LogP) is 1.61. The summed E-state index contributed by atoms with van der Waals surface area (Å²) in [4.78, 5) is 11.9. The lowest BCUT2D eigenvalue weighted by molar-refractivity contribution is -0.130. The van der Waals surface area contributed by atoms with Gasteiger partial charge in [-0.3, -0.25) is 9.48 Å². The van der Waals surface area contributed by atoms with Gasteiger partial charge in [0.2, 0.25) is 0 Å². The van der Waals surface area contributed by atoms with E-state index in [4.69, 9.17) is 0 Å². The molecule has 2 N–H and O–H groups in total. The van der Waals surface area contributed by atoms with E-state index < -0.39 is 29.7 Å². The van der Waals surface area contributed by atoms with Gasteiger partial charge in [0.1, 0.15) is 11.6 Å². The molecule has 1 aromatic carbocycles. The van der Waals surface area contributed by atoms with Crippen molar-refractivity contribution in [1.29, 1.82) is 0 Å². The number of nitrogens with one attached hydrogen (secondary N) is 1. The highest BCUT2D eigenvalue weighted by molar-refractivity contribution is 5.82. The molecule has 1 heterocycles. The molecule has 0 fully saturated rings. The van der Waals surface area contributed by atoms with Gasteiger partial charge < -0.3 is 10.4 Å². The van der Waals surface area contributed by atoms with Crippen LogP contribution in [0.3, 0.4) is 0 Å². The van der Waals surface area contributed by atoms with Crippen molar-refractivity contribution in [2.24, 2.45) is 7.05 Å². The Morgan fingerprint density at radius 2 is 2.14 bits per heavy atom. The molecule has 0 saturated carbocycles. The molecule has 0 spiro atoms. The van der Waals surface area contributed by atoms with Crippen LogP contribution in [0.25, 0.3) is 0 Å². The van der Waals surface area contributed by atoms with Crippen LogP contribution in [0.5, 0.6) is 0 Å². The number of amides is 1. The summed E-state index contributed by atoms with van der Waals surface area (Å²) < 4.78 is 27.9. The van der Waals surface area contributed by atoms with Crippen LogP contribution in [0.2, 0.25) is 0 Å². The fraction of sp³-hybridized carbons (Fsp3) is 0.286. The first kappa shape index (κ1) is 15.1. The van der Waals surface area contributed by atoms with E-state index in [0.29, 0.717) is 5.56 Å². The SMILES string of the molecule is C[C@H](NC(=O)[C@H](O)c1cnn(C)c1)c1ccc(F)cc1F. The van der Waals surface area contributed by atoms with Crippen molar-refractivity contribution in [2.75, 3.05) is 0 Å². The number of nitrogens with zero attached hydrogens (tertiary/aromatic N) is 2. The minimum absolute atomic E-state index is 0.142.